The van der Waals surface area contributed by atoms with Gasteiger partial charge in [0.05, 0.1) is 13.2 Å². The summed E-state index contributed by atoms with van der Waals surface area (Å²) in [7, 11) is 0. The molecule has 0 saturated carbocycles. The summed E-state index contributed by atoms with van der Waals surface area (Å²) in [4.78, 5) is 4.99. The highest BCUT2D eigenvalue weighted by Gasteiger charge is 2.22. The van der Waals surface area contributed by atoms with Crippen LogP contribution < -0.4 is 4.90 Å². The molecule has 2 aromatic carbocycles. The topological polar surface area (TPSA) is 15.7 Å². The third-order valence-corrected chi connectivity index (χ3v) is 5.44. The van der Waals surface area contributed by atoms with E-state index in [0.29, 0.717) is 0 Å². The number of nitrogens with zero attached hydrogens (tertiary/aromatic N) is 2. The lowest BCUT2D eigenvalue weighted by Gasteiger charge is -2.34. The molecule has 0 N–H and O–H groups in total. The number of unbranched alkanes of at least 4 members (excludes halogenated alkanes) is 1. The predicted octanol–water partition coefficient (Wildman–Crippen LogP) is 4.49. The molecule has 2 heterocycles. The van der Waals surface area contributed by atoms with E-state index in [0.717, 1.165) is 44.3 Å². The first-order valence-electron chi connectivity index (χ1n) is 9.25. The summed E-state index contributed by atoms with van der Waals surface area (Å²) >= 11 is 6.23. The second-order valence-electron chi connectivity index (χ2n) is 6.89. The van der Waals surface area contributed by atoms with Crippen LogP contribution in [0.2, 0.25) is 5.02 Å². The van der Waals surface area contributed by atoms with E-state index in [-0.39, 0.29) is 0 Å². The number of morpholine rings is 1. The molecule has 0 spiro atoms. The number of hydrogen-bond acceptors (Lipinski definition) is 3. The van der Waals surface area contributed by atoms with E-state index in [9.17, 15) is 0 Å². The standard InChI is InChI=1S/C21H25ClN2O/c22-19-7-8-21-18(16-19)15-17-5-1-2-6-20(17)24(21)10-4-3-9-23-11-13-25-14-12-23/h1-2,5-8,16H,3-4,9-15H2. The van der Waals surface area contributed by atoms with Crippen molar-refractivity contribution in [2.75, 3.05) is 44.3 Å². The van der Waals surface area contributed by atoms with E-state index in [2.05, 4.69) is 46.2 Å². The van der Waals surface area contributed by atoms with Gasteiger partial charge in [-0.2, -0.15) is 0 Å². The first-order chi connectivity index (χ1) is 12.3. The Morgan fingerprint density at radius 2 is 1.64 bits per heavy atom. The quantitative estimate of drug-likeness (QED) is 0.734. The summed E-state index contributed by atoms with van der Waals surface area (Å²) in [6, 6.07) is 15.1. The second-order valence-corrected chi connectivity index (χ2v) is 7.33. The summed E-state index contributed by atoms with van der Waals surface area (Å²) in [6.07, 6.45) is 3.38. The number of fused-ring (bicyclic) bond motifs is 2. The highest BCUT2D eigenvalue weighted by Crippen LogP contribution is 2.39. The maximum atomic E-state index is 6.23. The molecule has 2 aromatic rings. The van der Waals surface area contributed by atoms with Gasteiger partial charge in [0.25, 0.3) is 0 Å². The minimum absolute atomic E-state index is 0.824. The molecule has 0 atom stereocenters. The Kier molecular flexibility index (Phi) is 5.25. The summed E-state index contributed by atoms with van der Waals surface area (Å²) in [6.45, 7) is 6.14. The summed E-state index contributed by atoms with van der Waals surface area (Å²) in [5, 5.41) is 0.824. The van der Waals surface area contributed by atoms with E-state index in [1.165, 1.54) is 41.9 Å². The van der Waals surface area contributed by atoms with Crippen molar-refractivity contribution in [3.05, 3.63) is 58.6 Å². The first-order valence-corrected chi connectivity index (χ1v) is 9.63. The number of ether oxygens (including phenoxy) is 1. The molecular formula is C21H25ClN2O. The number of hydrogen-bond donors (Lipinski definition) is 0. The van der Waals surface area contributed by atoms with E-state index < -0.39 is 0 Å². The number of para-hydroxylation sites is 1. The summed E-state index contributed by atoms with van der Waals surface area (Å²) < 4.78 is 5.43. The molecule has 0 aromatic heterocycles. The molecule has 0 aliphatic carbocycles. The zero-order valence-corrected chi connectivity index (χ0v) is 15.3. The minimum Gasteiger partial charge on any atom is -0.379 e. The van der Waals surface area contributed by atoms with Crippen LogP contribution >= 0.6 is 11.6 Å². The van der Waals surface area contributed by atoms with Crippen molar-refractivity contribution in [1.29, 1.82) is 0 Å². The first kappa shape index (κ1) is 16.9. The normalized spacial score (nSPS) is 17.2. The van der Waals surface area contributed by atoms with E-state index in [1.807, 2.05) is 6.07 Å². The van der Waals surface area contributed by atoms with Gasteiger partial charge in [0.15, 0.2) is 0 Å². The maximum Gasteiger partial charge on any atom is 0.0594 e. The maximum absolute atomic E-state index is 6.23. The number of rotatable bonds is 5. The van der Waals surface area contributed by atoms with Gasteiger partial charge < -0.3 is 9.64 Å². The molecule has 1 fully saturated rings. The van der Waals surface area contributed by atoms with Gasteiger partial charge in [-0.25, -0.2) is 0 Å². The molecule has 0 bridgehead atoms. The van der Waals surface area contributed by atoms with Gasteiger partial charge in [-0.15, -0.1) is 0 Å². The average Bonchev–Trinajstić information content (AvgIpc) is 2.65. The number of benzene rings is 2. The van der Waals surface area contributed by atoms with Crippen molar-refractivity contribution in [2.45, 2.75) is 19.3 Å². The van der Waals surface area contributed by atoms with Crippen LogP contribution in [0, 0.1) is 0 Å². The SMILES string of the molecule is Clc1ccc2c(c1)Cc1ccccc1N2CCCCN1CCOCC1. The van der Waals surface area contributed by atoms with Crippen LogP contribution in [0.1, 0.15) is 24.0 Å². The highest BCUT2D eigenvalue weighted by molar-refractivity contribution is 6.30. The smallest absolute Gasteiger partial charge is 0.0594 e. The molecule has 132 valence electrons. The molecular weight excluding hydrogens is 332 g/mol. The van der Waals surface area contributed by atoms with Crippen LogP contribution in [0.5, 0.6) is 0 Å². The van der Waals surface area contributed by atoms with Crippen LogP contribution in [-0.4, -0.2) is 44.3 Å². The van der Waals surface area contributed by atoms with E-state index in [1.54, 1.807) is 0 Å². The molecule has 0 amide bonds. The van der Waals surface area contributed by atoms with Crippen LogP contribution in [0.4, 0.5) is 11.4 Å². The summed E-state index contributed by atoms with van der Waals surface area (Å²) in [5.41, 5.74) is 5.39. The lowest BCUT2D eigenvalue weighted by molar-refractivity contribution is 0.0373. The van der Waals surface area contributed by atoms with Gasteiger partial charge in [-0.3, -0.25) is 4.90 Å². The average molecular weight is 357 g/mol. The Balaban J connectivity index is 1.45. The third kappa shape index (κ3) is 3.84. The van der Waals surface area contributed by atoms with Crippen molar-refractivity contribution in [3.63, 3.8) is 0 Å². The fourth-order valence-corrected chi connectivity index (χ4v) is 4.08. The predicted molar refractivity (Wildman–Crippen MR) is 104 cm³/mol. The van der Waals surface area contributed by atoms with Gasteiger partial charge >= 0.3 is 0 Å². The second kappa shape index (κ2) is 7.77. The van der Waals surface area contributed by atoms with Crippen LogP contribution in [-0.2, 0) is 11.2 Å². The Morgan fingerprint density at radius 1 is 0.880 bits per heavy atom. The Labute approximate surface area is 155 Å². The van der Waals surface area contributed by atoms with Crippen molar-refractivity contribution in [1.82, 2.24) is 4.90 Å². The van der Waals surface area contributed by atoms with Crippen LogP contribution in [0.3, 0.4) is 0 Å². The van der Waals surface area contributed by atoms with Gasteiger partial charge in [-0.1, -0.05) is 29.8 Å². The molecule has 3 nitrogen and oxygen atoms in total. The van der Waals surface area contributed by atoms with Crippen molar-refractivity contribution in [2.24, 2.45) is 0 Å². The van der Waals surface area contributed by atoms with Crippen LogP contribution in [0.15, 0.2) is 42.5 Å². The summed E-state index contributed by atoms with van der Waals surface area (Å²) in [5.74, 6) is 0. The fraction of sp³-hybridized carbons (Fsp3) is 0.429. The molecule has 1 saturated heterocycles. The van der Waals surface area contributed by atoms with Crippen molar-refractivity contribution >= 4 is 23.0 Å². The van der Waals surface area contributed by atoms with E-state index in [4.69, 9.17) is 16.3 Å². The molecule has 2 aliphatic heterocycles. The van der Waals surface area contributed by atoms with Crippen molar-refractivity contribution < 1.29 is 4.74 Å². The monoisotopic (exact) mass is 356 g/mol. The lowest BCUT2D eigenvalue weighted by atomic mass is 9.95. The van der Waals surface area contributed by atoms with Crippen LogP contribution in [0.25, 0.3) is 0 Å². The molecule has 4 heteroatoms. The zero-order valence-electron chi connectivity index (χ0n) is 14.6. The minimum atomic E-state index is 0.824. The molecule has 25 heavy (non-hydrogen) atoms. The molecule has 2 aliphatic rings. The zero-order chi connectivity index (χ0) is 17.1. The van der Waals surface area contributed by atoms with Gasteiger partial charge in [-0.05, 0) is 54.8 Å². The third-order valence-electron chi connectivity index (χ3n) is 5.21. The Morgan fingerprint density at radius 3 is 2.52 bits per heavy atom. The van der Waals surface area contributed by atoms with Gasteiger partial charge in [0.2, 0.25) is 0 Å². The number of halogens is 1. The van der Waals surface area contributed by atoms with Gasteiger partial charge in [0.1, 0.15) is 0 Å². The fourth-order valence-electron chi connectivity index (χ4n) is 3.89. The lowest BCUT2D eigenvalue weighted by Crippen LogP contribution is -2.37. The van der Waals surface area contributed by atoms with E-state index >= 15 is 0 Å². The Bertz CT molecular complexity index is 728. The molecule has 0 unspecified atom stereocenters. The van der Waals surface area contributed by atoms with Gasteiger partial charge in [0, 0.05) is 42.5 Å². The highest BCUT2D eigenvalue weighted by atomic mass is 35.5. The van der Waals surface area contributed by atoms with Crippen molar-refractivity contribution in [3.8, 4) is 0 Å². The molecule has 4 rings (SSSR count). The number of anilines is 2. The Hall–Kier alpha value is -1.55. The molecule has 0 radical (unpaired) electrons. The largest absolute Gasteiger partial charge is 0.379 e.